The van der Waals surface area contributed by atoms with Gasteiger partial charge in [0.25, 0.3) is 0 Å². The van der Waals surface area contributed by atoms with E-state index in [1.165, 1.54) is 25.0 Å². The number of thiocarbonyl (C=S) groups is 1. The number of benzene rings is 1. The summed E-state index contributed by atoms with van der Waals surface area (Å²) in [4.78, 5) is 0.163. The molecule has 1 aromatic carbocycles. The van der Waals surface area contributed by atoms with Crippen molar-refractivity contribution in [2.45, 2.75) is 37.1 Å². The number of rotatable bonds is 6. The van der Waals surface area contributed by atoms with Crippen LogP contribution in [0.1, 0.15) is 31.7 Å². The Bertz CT molecular complexity index is 627. The van der Waals surface area contributed by atoms with Gasteiger partial charge in [0.1, 0.15) is 9.88 Å². The normalized spacial score (nSPS) is 16.9. The maximum Gasteiger partial charge on any atom is 0.242 e. The standard InChI is InChI=1S/C13H17ClN2O2S2/c1-8(6-9-2-3-9)16-20(17,18)12-7-10(13(15)19)4-5-11(12)14/h4-5,7-9,16H,2-3,6H2,1H3,(H2,15,19). The van der Waals surface area contributed by atoms with Crippen molar-refractivity contribution in [3.63, 3.8) is 0 Å². The third kappa shape index (κ3) is 3.91. The largest absolute Gasteiger partial charge is 0.389 e. The van der Waals surface area contributed by atoms with Gasteiger partial charge in [0.2, 0.25) is 10.0 Å². The molecule has 7 heteroatoms. The van der Waals surface area contributed by atoms with Gasteiger partial charge in [-0.25, -0.2) is 13.1 Å². The predicted octanol–water partition coefficient (Wildman–Crippen LogP) is 2.44. The molecule has 20 heavy (non-hydrogen) atoms. The van der Waals surface area contributed by atoms with Crippen molar-refractivity contribution >= 4 is 38.8 Å². The predicted molar refractivity (Wildman–Crippen MR) is 84.5 cm³/mol. The van der Waals surface area contributed by atoms with Gasteiger partial charge in [0.05, 0.1) is 5.02 Å². The van der Waals surface area contributed by atoms with E-state index < -0.39 is 10.0 Å². The summed E-state index contributed by atoms with van der Waals surface area (Å²) in [6.07, 6.45) is 3.22. The van der Waals surface area contributed by atoms with Crippen molar-refractivity contribution < 1.29 is 8.42 Å². The number of hydrogen-bond acceptors (Lipinski definition) is 3. The van der Waals surface area contributed by atoms with Crippen LogP contribution >= 0.6 is 23.8 Å². The molecule has 0 amide bonds. The Morgan fingerprint density at radius 3 is 2.75 bits per heavy atom. The second-order valence-corrected chi connectivity index (χ2v) is 7.74. The SMILES string of the molecule is CC(CC1CC1)NS(=O)(=O)c1cc(C(N)=S)ccc1Cl. The minimum atomic E-state index is -3.66. The molecule has 0 bridgehead atoms. The van der Waals surface area contributed by atoms with Gasteiger partial charge in [0, 0.05) is 11.6 Å². The average Bonchev–Trinajstić information content (AvgIpc) is 3.11. The van der Waals surface area contributed by atoms with E-state index in [1.807, 2.05) is 6.92 Å². The molecular weight excluding hydrogens is 316 g/mol. The van der Waals surface area contributed by atoms with E-state index in [4.69, 9.17) is 29.6 Å². The lowest BCUT2D eigenvalue weighted by Crippen LogP contribution is -2.33. The summed E-state index contributed by atoms with van der Waals surface area (Å²) in [6.45, 7) is 1.86. The smallest absolute Gasteiger partial charge is 0.242 e. The molecular formula is C13H17ClN2O2S2. The lowest BCUT2D eigenvalue weighted by atomic mass is 10.2. The highest BCUT2D eigenvalue weighted by atomic mass is 35.5. The molecule has 1 aromatic rings. The summed E-state index contributed by atoms with van der Waals surface area (Å²) < 4.78 is 27.4. The van der Waals surface area contributed by atoms with Crippen molar-refractivity contribution in [1.82, 2.24) is 4.72 Å². The van der Waals surface area contributed by atoms with E-state index in [9.17, 15) is 8.42 Å². The summed E-state index contributed by atoms with van der Waals surface area (Å²) in [7, 11) is -3.66. The number of nitrogens with two attached hydrogens (primary N) is 1. The first-order valence-corrected chi connectivity index (χ1v) is 8.68. The topological polar surface area (TPSA) is 72.2 Å². The third-order valence-corrected chi connectivity index (χ3v) is 5.55. The number of halogens is 1. The highest BCUT2D eigenvalue weighted by molar-refractivity contribution is 7.89. The Kier molecular flexibility index (Phi) is 4.69. The quantitative estimate of drug-likeness (QED) is 0.785. The van der Waals surface area contributed by atoms with Crippen molar-refractivity contribution in [2.24, 2.45) is 11.7 Å². The summed E-state index contributed by atoms with van der Waals surface area (Å²) in [5.74, 6) is 0.645. The second kappa shape index (κ2) is 5.97. The zero-order valence-electron chi connectivity index (χ0n) is 11.1. The third-order valence-electron chi connectivity index (χ3n) is 3.25. The maximum atomic E-state index is 12.4. The molecule has 1 aliphatic carbocycles. The molecule has 0 aliphatic heterocycles. The molecule has 1 saturated carbocycles. The molecule has 0 saturated heterocycles. The number of sulfonamides is 1. The Balaban J connectivity index is 2.23. The second-order valence-electron chi connectivity index (χ2n) is 5.21. The van der Waals surface area contributed by atoms with Gasteiger partial charge >= 0.3 is 0 Å². The Hall–Kier alpha value is -0.690. The molecule has 1 atom stereocenters. The van der Waals surface area contributed by atoms with Gasteiger partial charge in [-0.05, 0) is 31.4 Å². The molecule has 1 fully saturated rings. The van der Waals surface area contributed by atoms with Crippen LogP contribution in [0.25, 0.3) is 0 Å². The van der Waals surface area contributed by atoms with Gasteiger partial charge in [-0.15, -0.1) is 0 Å². The van der Waals surface area contributed by atoms with Crippen LogP contribution in [0.2, 0.25) is 5.02 Å². The Morgan fingerprint density at radius 2 is 2.20 bits per heavy atom. The van der Waals surface area contributed by atoms with Crippen molar-refractivity contribution in [3.8, 4) is 0 Å². The fourth-order valence-electron chi connectivity index (χ4n) is 2.09. The molecule has 0 spiro atoms. The van der Waals surface area contributed by atoms with E-state index in [2.05, 4.69) is 4.72 Å². The van der Waals surface area contributed by atoms with Gasteiger partial charge in [0.15, 0.2) is 0 Å². The van der Waals surface area contributed by atoms with Gasteiger partial charge in [-0.1, -0.05) is 42.7 Å². The van der Waals surface area contributed by atoms with Gasteiger partial charge in [-0.2, -0.15) is 0 Å². The van der Waals surface area contributed by atoms with Crippen LogP contribution < -0.4 is 10.5 Å². The fourth-order valence-corrected chi connectivity index (χ4v) is 4.00. The summed E-state index contributed by atoms with van der Waals surface area (Å²) in [6, 6.07) is 4.40. The minimum absolute atomic E-state index is 0.0205. The molecule has 3 N–H and O–H groups in total. The summed E-state index contributed by atoms with van der Waals surface area (Å²) in [5, 5.41) is 0.163. The lowest BCUT2D eigenvalue weighted by Gasteiger charge is -2.15. The van der Waals surface area contributed by atoms with Gasteiger partial charge < -0.3 is 5.73 Å². The Morgan fingerprint density at radius 1 is 1.55 bits per heavy atom. The molecule has 0 aromatic heterocycles. The van der Waals surface area contributed by atoms with Gasteiger partial charge in [-0.3, -0.25) is 0 Å². The molecule has 2 rings (SSSR count). The first-order valence-electron chi connectivity index (χ1n) is 6.41. The first-order chi connectivity index (χ1) is 9.29. The van der Waals surface area contributed by atoms with Crippen LogP contribution in [0.3, 0.4) is 0 Å². The van der Waals surface area contributed by atoms with E-state index in [0.717, 1.165) is 6.42 Å². The monoisotopic (exact) mass is 332 g/mol. The van der Waals surface area contributed by atoms with E-state index in [1.54, 1.807) is 6.07 Å². The van der Waals surface area contributed by atoms with E-state index in [0.29, 0.717) is 11.5 Å². The van der Waals surface area contributed by atoms with Crippen LogP contribution in [0.4, 0.5) is 0 Å². The molecule has 1 unspecified atom stereocenters. The zero-order chi connectivity index (χ0) is 14.9. The van der Waals surface area contributed by atoms with Crippen LogP contribution in [0, 0.1) is 5.92 Å². The lowest BCUT2D eigenvalue weighted by molar-refractivity contribution is 0.530. The van der Waals surface area contributed by atoms with Crippen molar-refractivity contribution in [2.75, 3.05) is 0 Å². The Labute approximate surface area is 129 Å². The number of hydrogen-bond donors (Lipinski definition) is 2. The van der Waals surface area contributed by atoms with Crippen LogP contribution in [0.15, 0.2) is 23.1 Å². The van der Waals surface area contributed by atoms with E-state index >= 15 is 0 Å². The molecule has 4 nitrogen and oxygen atoms in total. The highest BCUT2D eigenvalue weighted by Crippen LogP contribution is 2.34. The zero-order valence-corrected chi connectivity index (χ0v) is 13.5. The minimum Gasteiger partial charge on any atom is -0.389 e. The summed E-state index contributed by atoms with van der Waals surface area (Å²) >= 11 is 10.8. The van der Waals surface area contributed by atoms with Crippen LogP contribution in [0.5, 0.6) is 0 Å². The van der Waals surface area contributed by atoms with Crippen molar-refractivity contribution in [3.05, 3.63) is 28.8 Å². The molecule has 0 heterocycles. The van der Waals surface area contributed by atoms with E-state index in [-0.39, 0.29) is 20.9 Å². The molecule has 110 valence electrons. The number of nitrogens with one attached hydrogen (secondary N) is 1. The first kappa shape index (κ1) is 15.7. The van der Waals surface area contributed by atoms with Crippen molar-refractivity contribution in [1.29, 1.82) is 0 Å². The fraction of sp³-hybridized carbons (Fsp3) is 0.462. The highest BCUT2D eigenvalue weighted by Gasteiger charge is 2.27. The summed E-state index contributed by atoms with van der Waals surface area (Å²) in [5.41, 5.74) is 6.01. The maximum absolute atomic E-state index is 12.4. The molecule has 1 aliphatic rings. The molecule has 0 radical (unpaired) electrons. The van der Waals surface area contributed by atoms with Crippen LogP contribution in [-0.2, 0) is 10.0 Å². The van der Waals surface area contributed by atoms with Crippen LogP contribution in [-0.4, -0.2) is 19.4 Å². The average molecular weight is 333 g/mol.